The molecule has 0 aliphatic carbocycles. The molecule has 1 N–H and O–H groups in total. The Hall–Kier alpha value is -2.39. The van der Waals surface area contributed by atoms with E-state index in [1.807, 2.05) is 12.1 Å². The van der Waals surface area contributed by atoms with Crippen LogP contribution in [0.1, 0.15) is 36.2 Å². The lowest BCUT2D eigenvalue weighted by Crippen LogP contribution is -2.42. The summed E-state index contributed by atoms with van der Waals surface area (Å²) < 4.78 is 41.8. The summed E-state index contributed by atoms with van der Waals surface area (Å²) in [6.07, 6.45) is 0.984. The zero-order valence-electron chi connectivity index (χ0n) is 20.1. The second kappa shape index (κ2) is 11.3. The molecule has 0 saturated carbocycles. The van der Waals surface area contributed by atoms with Crippen molar-refractivity contribution in [2.45, 2.75) is 41.5 Å². The van der Waals surface area contributed by atoms with Gasteiger partial charge in [0.05, 0.1) is 10.5 Å². The fourth-order valence-corrected chi connectivity index (χ4v) is 7.37. The minimum Gasteiger partial charge on any atom is -0.348 e. The lowest BCUT2D eigenvalue weighted by atomic mass is 9.94. The van der Waals surface area contributed by atoms with Gasteiger partial charge in [0.25, 0.3) is 5.91 Å². The number of nitrogens with zero attached hydrogens (tertiary/aromatic N) is 1. The van der Waals surface area contributed by atoms with Crippen molar-refractivity contribution in [1.82, 2.24) is 9.62 Å². The molecule has 190 valence electrons. The molecule has 0 aromatic heterocycles. The first kappa shape index (κ1) is 26.7. The van der Waals surface area contributed by atoms with Crippen LogP contribution in [0.15, 0.2) is 81.4 Å². The van der Waals surface area contributed by atoms with Crippen LogP contribution in [0.2, 0.25) is 5.02 Å². The van der Waals surface area contributed by atoms with E-state index < -0.39 is 15.9 Å². The predicted molar refractivity (Wildman–Crippen MR) is 141 cm³/mol. The molecule has 0 spiro atoms. The number of nitrogens with one attached hydrogen (secondary N) is 1. The van der Waals surface area contributed by atoms with E-state index in [-0.39, 0.29) is 34.7 Å². The Labute approximate surface area is 221 Å². The van der Waals surface area contributed by atoms with Crippen LogP contribution in [0.25, 0.3) is 0 Å². The van der Waals surface area contributed by atoms with E-state index in [2.05, 4.69) is 19.2 Å². The average molecular weight is 547 g/mol. The zero-order chi connectivity index (χ0) is 25.9. The Kier molecular flexibility index (Phi) is 8.40. The van der Waals surface area contributed by atoms with Gasteiger partial charge in [-0.25, -0.2) is 12.8 Å². The van der Waals surface area contributed by atoms with Crippen LogP contribution in [0, 0.1) is 17.7 Å². The molecular formula is C27H28ClFN2O3S2. The van der Waals surface area contributed by atoms with Crippen molar-refractivity contribution in [3.63, 3.8) is 0 Å². The minimum absolute atomic E-state index is 0.0891. The van der Waals surface area contributed by atoms with E-state index in [0.29, 0.717) is 23.0 Å². The lowest BCUT2D eigenvalue weighted by Gasteiger charge is -2.34. The molecule has 9 heteroatoms. The summed E-state index contributed by atoms with van der Waals surface area (Å²) in [7, 11) is -3.77. The summed E-state index contributed by atoms with van der Waals surface area (Å²) in [4.78, 5) is 14.8. The van der Waals surface area contributed by atoms with Gasteiger partial charge < -0.3 is 5.32 Å². The van der Waals surface area contributed by atoms with Crippen molar-refractivity contribution < 1.29 is 17.6 Å². The second-order valence-corrected chi connectivity index (χ2v) is 12.8. The number of halogens is 2. The van der Waals surface area contributed by atoms with Crippen LogP contribution in [-0.4, -0.2) is 31.7 Å². The van der Waals surface area contributed by atoms with E-state index >= 15 is 0 Å². The molecule has 1 aliphatic heterocycles. The quantitative estimate of drug-likeness (QED) is 0.381. The third-order valence-corrected chi connectivity index (χ3v) is 9.19. The normalized spacial score (nSPS) is 18.7. The van der Waals surface area contributed by atoms with E-state index in [4.69, 9.17) is 11.6 Å². The number of hydrogen-bond donors (Lipinski definition) is 1. The van der Waals surface area contributed by atoms with Gasteiger partial charge in [-0.15, -0.1) is 0 Å². The number of rotatable bonds is 7. The smallest absolute Gasteiger partial charge is 0.252 e. The lowest BCUT2D eigenvalue weighted by molar-refractivity contribution is 0.0947. The minimum atomic E-state index is -3.77. The molecule has 1 saturated heterocycles. The van der Waals surface area contributed by atoms with E-state index in [1.165, 1.54) is 34.3 Å². The number of benzene rings is 3. The van der Waals surface area contributed by atoms with Crippen molar-refractivity contribution in [2.75, 3.05) is 13.1 Å². The molecule has 0 radical (unpaired) electrons. The van der Waals surface area contributed by atoms with Crippen molar-refractivity contribution in [3.8, 4) is 0 Å². The summed E-state index contributed by atoms with van der Waals surface area (Å²) in [6, 6.07) is 17.8. The first-order valence-electron chi connectivity index (χ1n) is 11.7. The number of hydrogen-bond acceptors (Lipinski definition) is 4. The fourth-order valence-electron chi connectivity index (χ4n) is 4.42. The maximum atomic E-state index is 13.5. The third-order valence-electron chi connectivity index (χ3n) is 6.06. The molecule has 3 aromatic rings. The summed E-state index contributed by atoms with van der Waals surface area (Å²) in [5, 5.41) is 3.40. The summed E-state index contributed by atoms with van der Waals surface area (Å²) in [5.74, 6) is -0.245. The molecule has 1 amide bonds. The van der Waals surface area contributed by atoms with Crippen molar-refractivity contribution in [3.05, 3.63) is 88.7 Å². The maximum absolute atomic E-state index is 13.5. The first-order valence-corrected chi connectivity index (χ1v) is 14.4. The van der Waals surface area contributed by atoms with Crippen LogP contribution >= 0.6 is 23.4 Å². The number of amides is 1. The molecule has 1 fully saturated rings. The van der Waals surface area contributed by atoms with Gasteiger partial charge in [0.2, 0.25) is 10.0 Å². The van der Waals surface area contributed by atoms with Crippen molar-refractivity contribution in [2.24, 2.45) is 11.8 Å². The van der Waals surface area contributed by atoms with Crippen LogP contribution in [0.5, 0.6) is 0 Å². The molecule has 36 heavy (non-hydrogen) atoms. The molecule has 4 rings (SSSR count). The summed E-state index contributed by atoms with van der Waals surface area (Å²) in [5.41, 5.74) is 0.982. The molecule has 1 heterocycles. The number of carbonyl (C=O) groups is 1. The van der Waals surface area contributed by atoms with Gasteiger partial charge >= 0.3 is 0 Å². The van der Waals surface area contributed by atoms with Crippen LogP contribution < -0.4 is 5.32 Å². The van der Waals surface area contributed by atoms with E-state index in [1.54, 1.807) is 36.4 Å². The van der Waals surface area contributed by atoms with Crippen LogP contribution in [0.4, 0.5) is 4.39 Å². The molecule has 0 bridgehead atoms. The van der Waals surface area contributed by atoms with Gasteiger partial charge in [-0.2, -0.15) is 4.31 Å². The van der Waals surface area contributed by atoms with Crippen molar-refractivity contribution >= 4 is 39.3 Å². The van der Waals surface area contributed by atoms with Crippen LogP contribution in [-0.2, 0) is 16.6 Å². The molecule has 0 unspecified atom stereocenters. The zero-order valence-corrected chi connectivity index (χ0v) is 22.5. The van der Waals surface area contributed by atoms with E-state index in [9.17, 15) is 17.6 Å². The van der Waals surface area contributed by atoms with Gasteiger partial charge in [-0.1, -0.05) is 55.4 Å². The number of sulfonamides is 1. The Morgan fingerprint density at radius 3 is 2.42 bits per heavy atom. The highest BCUT2D eigenvalue weighted by Crippen LogP contribution is 2.34. The largest absolute Gasteiger partial charge is 0.348 e. The summed E-state index contributed by atoms with van der Waals surface area (Å²) in [6.45, 7) is 5.20. The maximum Gasteiger partial charge on any atom is 0.252 e. The van der Waals surface area contributed by atoms with Gasteiger partial charge in [-0.3, -0.25) is 4.79 Å². The van der Waals surface area contributed by atoms with Crippen molar-refractivity contribution in [1.29, 1.82) is 0 Å². The third kappa shape index (κ3) is 6.48. The second-order valence-electron chi connectivity index (χ2n) is 9.29. The number of carbonyl (C=O) groups excluding carboxylic acids is 1. The highest BCUT2D eigenvalue weighted by atomic mass is 35.5. The van der Waals surface area contributed by atoms with Gasteiger partial charge in [0.15, 0.2) is 0 Å². The monoisotopic (exact) mass is 546 g/mol. The Morgan fingerprint density at radius 2 is 1.75 bits per heavy atom. The molecule has 1 aliphatic rings. The average Bonchev–Trinajstić information content (AvgIpc) is 2.83. The van der Waals surface area contributed by atoms with E-state index in [0.717, 1.165) is 16.9 Å². The highest BCUT2D eigenvalue weighted by Gasteiger charge is 2.32. The SMILES string of the molecule is C[C@@H]1C[C@@H](C)CN(S(=O)(=O)c2ccc(Sc3cccc(Cl)c3)c(C(=O)NCc3ccc(F)cc3)c2)C1. The summed E-state index contributed by atoms with van der Waals surface area (Å²) >= 11 is 7.47. The number of piperidine rings is 1. The highest BCUT2D eigenvalue weighted by molar-refractivity contribution is 7.99. The fraction of sp³-hybridized carbons (Fsp3) is 0.296. The van der Waals surface area contributed by atoms with Crippen LogP contribution in [0.3, 0.4) is 0 Å². The Morgan fingerprint density at radius 1 is 1.06 bits per heavy atom. The standard InChI is InChI=1S/C27H28ClFN2O3S2/c1-18-12-19(2)17-31(16-18)36(33,34)24-10-11-26(35-23-5-3-4-21(28)13-23)25(14-24)27(32)30-15-20-6-8-22(29)9-7-20/h3-11,13-14,18-19H,12,15-17H2,1-2H3,(H,30,32)/t18-,19-/m1/s1. The molecule has 2 atom stereocenters. The van der Waals surface area contributed by atoms with Gasteiger partial charge in [0.1, 0.15) is 5.82 Å². The van der Waals surface area contributed by atoms with Gasteiger partial charge in [-0.05, 0) is 72.4 Å². The molecule has 3 aromatic carbocycles. The molecule has 5 nitrogen and oxygen atoms in total. The Balaban J connectivity index is 1.66. The molecular weight excluding hydrogens is 519 g/mol. The first-order chi connectivity index (χ1) is 17.1. The predicted octanol–water partition coefficient (Wildman–Crippen LogP) is 6.23. The van der Waals surface area contributed by atoms with Gasteiger partial charge in [0, 0.05) is 34.4 Å². The Bertz CT molecular complexity index is 1340. The topological polar surface area (TPSA) is 66.5 Å².